The van der Waals surface area contributed by atoms with Crippen molar-refractivity contribution in [2.75, 3.05) is 0 Å². The fourth-order valence-electron chi connectivity index (χ4n) is 7.28. The molecule has 0 aliphatic rings. The molecule has 0 saturated heterocycles. The van der Waals surface area contributed by atoms with Crippen molar-refractivity contribution in [3.05, 3.63) is 176 Å². The van der Waals surface area contributed by atoms with Crippen molar-refractivity contribution in [1.82, 2.24) is 24.1 Å². The van der Waals surface area contributed by atoms with Gasteiger partial charge < -0.3 is 9.13 Å². The molecule has 50 heavy (non-hydrogen) atoms. The van der Waals surface area contributed by atoms with Crippen LogP contribution in [0.25, 0.3) is 89.2 Å². The Morgan fingerprint density at radius 2 is 0.700 bits per heavy atom. The molecule has 0 radical (unpaired) electrons. The van der Waals surface area contributed by atoms with E-state index < -0.39 is 0 Å². The molecular formula is C45H29N5. The maximum atomic E-state index is 5.04. The van der Waals surface area contributed by atoms with Crippen molar-refractivity contribution in [3.8, 4) is 45.5 Å². The van der Waals surface area contributed by atoms with Crippen molar-refractivity contribution in [2.45, 2.75) is 0 Å². The van der Waals surface area contributed by atoms with Gasteiger partial charge in [0.25, 0.3) is 0 Å². The van der Waals surface area contributed by atoms with Gasteiger partial charge in [-0.2, -0.15) is 0 Å². The summed E-state index contributed by atoms with van der Waals surface area (Å²) < 4.78 is 4.73. The van der Waals surface area contributed by atoms with Gasteiger partial charge in [0.05, 0.1) is 22.1 Å². The molecule has 0 atom stereocenters. The maximum Gasteiger partial charge on any atom is 0.164 e. The van der Waals surface area contributed by atoms with E-state index in [1.807, 2.05) is 60.7 Å². The van der Waals surface area contributed by atoms with Gasteiger partial charge in [-0.05, 0) is 60.7 Å². The first-order valence-electron chi connectivity index (χ1n) is 16.8. The average Bonchev–Trinajstić information content (AvgIpc) is 3.71. The van der Waals surface area contributed by atoms with E-state index in [4.69, 9.17) is 15.0 Å². The number of rotatable bonds is 5. The van der Waals surface area contributed by atoms with Gasteiger partial charge >= 0.3 is 0 Å². The summed E-state index contributed by atoms with van der Waals surface area (Å²) in [5, 5.41) is 4.78. The van der Waals surface area contributed by atoms with E-state index in [2.05, 4.69) is 124 Å². The van der Waals surface area contributed by atoms with E-state index in [9.17, 15) is 0 Å². The third kappa shape index (κ3) is 4.52. The number of hydrogen-bond acceptors (Lipinski definition) is 3. The van der Waals surface area contributed by atoms with Crippen molar-refractivity contribution in [1.29, 1.82) is 0 Å². The Labute approximate surface area is 288 Å². The van der Waals surface area contributed by atoms with E-state index in [0.29, 0.717) is 17.5 Å². The zero-order valence-corrected chi connectivity index (χ0v) is 27.0. The lowest BCUT2D eigenvalue weighted by Gasteiger charge is -2.10. The van der Waals surface area contributed by atoms with Crippen LogP contribution in [-0.4, -0.2) is 24.1 Å². The Balaban J connectivity index is 1.24. The Kier molecular flexibility index (Phi) is 6.42. The highest BCUT2D eigenvalue weighted by Crippen LogP contribution is 2.38. The summed E-state index contributed by atoms with van der Waals surface area (Å²) in [7, 11) is 0. The highest BCUT2D eigenvalue weighted by molar-refractivity contribution is 6.12. The molecule has 7 aromatic carbocycles. The third-order valence-corrected chi connectivity index (χ3v) is 9.56. The Morgan fingerprint density at radius 3 is 1.28 bits per heavy atom. The summed E-state index contributed by atoms with van der Waals surface area (Å²) in [5.41, 5.74) is 9.70. The Bertz CT molecular complexity index is 2740. The SMILES string of the molecule is c1ccc(-c2nc(-c3ccccc3)nc(-c3ccc4c(c3)c3cc(-n5c6ccccc6c6ccccc65)ccc3n4-c3ccccc3)n2)cc1. The topological polar surface area (TPSA) is 48.5 Å². The van der Waals surface area contributed by atoms with Crippen LogP contribution in [-0.2, 0) is 0 Å². The monoisotopic (exact) mass is 639 g/mol. The molecule has 0 unspecified atom stereocenters. The molecule has 0 saturated carbocycles. The van der Waals surface area contributed by atoms with Crippen LogP contribution < -0.4 is 0 Å². The van der Waals surface area contributed by atoms with Gasteiger partial charge in [-0.1, -0.05) is 115 Å². The first kappa shape index (κ1) is 28.2. The second kappa shape index (κ2) is 11.4. The van der Waals surface area contributed by atoms with E-state index >= 15 is 0 Å². The van der Waals surface area contributed by atoms with Gasteiger partial charge in [0.1, 0.15) is 0 Å². The number of fused-ring (bicyclic) bond motifs is 6. The van der Waals surface area contributed by atoms with Gasteiger partial charge in [-0.3, -0.25) is 0 Å². The second-order valence-corrected chi connectivity index (χ2v) is 12.5. The molecule has 3 heterocycles. The van der Waals surface area contributed by atoms with Crippen molar-refractivity contribution in [2.24, 2.45) is 0 Å². The Morgan fingerprint density at radius 1 is 0.280 bits per heavy atom. The normalized spacial score (nSPS) is 11.6. The maximum absolute atomic E-state index is 5.04. The molecule has 10 aromatic rings. The minimum absolute atomic E-state index is 0.638. The summed E-state index contributed by atoms with van der Waals surface area (Å²) in [5.74, 6) is 1.93. The minimum atomic E-state index is 0.638. The van der Waals surface area contributed by atoms with Gasteiger partial charge in [-0.25, -0.2) is 15.0 Å². The van der Waals surface area contributed by atoms with Gasteiger partial charge in [0.15, 0.2) is 17.5 Å². The molecule has 5 nitrogen and oxygen atoms in total. The molecule has 0 aliphatic carbocycles. The van der Waals surface area contributed by atoms with Crippen LogP contribution in [0.4, 0.5) is 0 Å². The fourth-order valence-corrected chi connectivity index (χ4v) is 7.28. The molecule has 0 spiro atoms. The van der Waals surface area contributed by atoms with E-state index in [-0.39, 0.29) is 0 Å². The largest absolute Gasteiger partial charge is 0.309 e. The van der Waals surface area contributed by atoms with Crippen molar-refractivity contribution < 1.29 is 0 Å². The number of para-hydroxylation sites is 3. The average molecular weight is 640 g/mol. The minimum Gasteiger partial charge on any atom is -0.309 e. The zero-order chi connectivity index (χ0) is 33.0. The molecule has 0 N–H and O–H groups in total. The summed E-state index contributed by atoms with van der Waals surface area (Å²) in [4.78, 5) is 15.0. The first-order chi connectivity index (χ1) is 24.8. The smallest absolute Gasteiger partial charge is 0.164 e. The van der Waals surface area contributed by atoms with Crippen molar-refractivity contribution in [3.63, 3.8) is 0 Å². The molecule has 234 valence electrons. The summed E-state index contributed by atoms with van der Waals surface area (Å²) >= 11 is 0. The highest BCUT2D eigenvalue weighted by atomic mass is 15.0. The number of aromatic nitrogens is 5. The van der Waals surface area contributed by atoms with Crippen LogP contribution >= 0.6 is 0 Å². The molecule has 3 aromatic heterocycles. The molecule has 0 amide bonds. The van der Waals surface area contributed by atoms with Gasteiger partial charge in [0, 0.05) is 49.6 Å². The predicted molar refractivity (Wildman–Crippen MR) is 205 cm³/mol. The molecule has 0 bridgehead atoms. The Hall–Kier alpha value is -6.85. The van der Waals surface area contributed by atoms with Crippen LogP contribution in [0, 0.1) is 0 Å². The lowest BCUT2D eigenvalue weighted by molar-refractivity contribution is 1.07. The molecule has 0 fully saturated rings. The molecule has 5 heteroatoms. The highest BCUT2D eigenvalue weighted by Gasteiger charge is 2.18. The van der Waals surface area contributed by atoms with E-state index in [0.717, 1.165) is 49.9 Å². The van der Waals surface area contributed by atoms with E-state index in [1.54, 1.807) is 0 Å². The summed E-state index contributed by atoms with van der Waals surface area (Å²) in [6, 6.07) is 61.5. The lowest BCUT2D eigenvalue weighted by atomic mass is 10.1. The molecule has 10 rings (SSSR count). The van der Waals surface area contributed by atoms with Gasteiger partial charge in [0.2, 0.25) is 0 Å². The van der Waals surface area contributed by atoms with Crippen LogP contribution in [0.2, 0.25) is 0 Å². The number of hydrogen-bond donors (Lipinski definition) is 0. The number of nitrogens with zero attached hydrogens (tertiary/aromatic N) is 5. The summed E-state index contributed by atoms with van der Waals surface area (Å²) in [6.45, 7) is 0. The molecular weight excluding hydrogens is 611 g/mol. The fraction of sp³-hybridized carbons (Fsp3) is 0. The second-order valence-electron chi connectivity index (χ2n) is 12.5. The quantitative estimate of drug-likeness (QED) is 0.188. The number of benzene rings is 7. The zero-order valence-electron chi connectivity index (χ0n) is 27.0. The predicted octanol–water partition coefficient (Wildman–Crippen LogP) is 11.1. The van der Waals surface area contributed by atoms with Crippen LogP contribution in [0.3, 0.4) is 0 Å². The third-order valence-electron chi connectivity index (χ3n) is 9.56. The lowest BCUT2D eigenvalue weighted by Crippen LogP contribution is -2.00. The van der Waals surface area contributed by atoms with Crippen molar-refractivity contribution >= 4 is 43.6 Å². The van der Waals surface area contributed by atoms with Crippen LogP contribution in [0.5, 0.6) is 0 Å². The van der Waals surface area contributed by atoms with Gasteiger partial charge in [-0.15, -0.1) is 0 Å². The standard InChI is InChI=1S/C45H29N5/c1-4-14-30(15-5-1)43-46-44(31-16-6-2-7-17-31)48-45(47-43)32-24-26-41-37(28-32)38-29-34(25-27-42(38)49(41)33-18-8-3-9-19-33)50-39-22-12-10-20-35(39)36-21-11-13-23-40(36)50/h1-29H. The van der Waals surface area contributed by atoms with Crippen LogP contribution in [0.1, 0.15) is 0 Å². The van der Waals surface area contributed by atoms with Crippen LogP contribution in [0.15, 0.2) is 176 Å². The first-order valence-corrected chi connectivity index (χ1v) is 16.8. The summed E-state index contributed by atoms with van der Waals surface area (Å²) in [6.07, 6.45) is 0. The van der Waals surface area contributed by atoms with E-state index in [1.165, 1.54) is 21.8 Å². The molecule has 0 aliphatic heterocycles.